The minimum atomic E-state index is -1.23. The highest BCUT2D eigenvalue weighted by Crippen LogP contribution is 2.27. The Morgan fingerprint density at radius 1 is 1.08 bits per heavy atom. The van der Waals surface area contributed by atoms with Crippen molar-refractivity contribution >= 4 is 11.9 Å². The average molecular weight is 335 g/mol. The molecule has 7 heteroatoms. The first kappa shape index (κ1) is 17.7. The van der Waals surface area contributed by atoms with E-state index in [0.29, 0.717) is 24.5 Å². The normalized spacial score (nSPS) is 16.1. The molecule has 1 fully saturated rings. The SMILES string of the molecule is COc1ccc(CCNC=C2C(=O)OC(C)(C)OC2=O)cc1OC. The van der Waals surface area contributed by atoms with Crippen molar-refractivity contribution in [2.45, 2.75) is 26.1 Å². The zero-order valence-electron chi connectivity index (χ0n) is 14.2. The fourth-order valence-corrected chi connectivity index (χ4v) is 2.21. The average Bonchev–Trinajstić information content (AvgIpc) is 2.52. The molecule has 0 radical (unpaired) electrons. The lowest BCUT2D eigenvalue weighted by molar-refractivity contribution is -0.222. The maximum atomic E-state index is 11.8. The van der Waals surface area contributed by atoms with Crippen molar-refractivity contribution in [1.29, 1.82) is 0 Å². The Labute approximate surface area is 140 Å². The van der Waals surface area contributed by atoms with Gasteiger partial charge >= 0.3 is 11.9 Å². The molecule has 1 aliphatic heterocycles. The smallest absolute Gasteiger partial charge is 0.350 e. The molecule has 0 atom stereocenters. The fraction of sp³-hybridized carbons (Fsp3) is 0.412. The van der Waals surface area contributed by atoms with Gasteiger partial charge in [0, 0.05) is 26.6 Å². The quantitative estimate of drug-likeness (QED) is 0.365. The van der Waals surface area contributed by atoms with Crippen LogP contribution in [0.5, 0.6) is 11.5 Å². The summed E-state index contributed by atoms with van der Waals surface area (Å²) in [6.45, 7) is 3.52. The van der Waals surface area contributed by atoms with Gasteiger partial charge in [-0.15, -0.1) is 0 Å². The Morgan fingerprint density at radius 3 is 2.29 bits per heavy atom. The van der Waals surface area contributed by atoms with Gasteiger partial charge in [-0.3, -0.25) is 0 Å². The molecule has 24 heavy (non-hydrogen) atoms. The van der Waals surface area contributed by atoms with E-state index in [1.807, 2.05) is 18.2 Å². The van der Waals surface area contributed by atoms with Crippen LogP contribution in [-0.4, -0.2) is 38.5 Å². The van der Waals surface area contributed by atoms with E-state index in [-0.39, 0.29) is 5.57 Å². The maximum absolute atomic E-state index is 11.8. The third-order valence-corrected chi connectivity index (χ3v) is 3.37. The summed E-state index contributed by atoms with van der Waals surface area (Å²) < 4.78 is 20.4. The molecule has 2 rings (SSSR count). The molecule has 0 aromatic heterocycles. The number of ether oxygens (including phenoxy) is 4. The number of benzene rings is 1. The molecule has 0 unspecified atom stereocenters. The predicted octanol–water partition coefficient (Wildman–Crippen LogP) is 1.56. The minimum absolute atomic E-state index is 0.151. The van der Waals surface area contributed by atoms with Crippen LogP contribution in [0.2, 0.25) is 0 Å². The van der Waals surface area contributed by atoms with Crippen molar-refractivity contribution in [2.24, 2.45) is 0 Å². The summed E-state index contributed by atoms with van der Waals surface area (Å²) in [5, 5.41) is 2.92. The van der Waals surface area contributed by atoms with Gasteiger partial charge in [0.25, 0.3) is 5.79 Å². The summed E-state index contributed by atoms with van der Waals surface area (Å²) in [4.78, 5) is 23.6. The van der Waals surface area contributed by atoms with E-state index < -0.39 is 17.7 Å². The molecular formula is C17H21NO6. The van der Waals surface area contributed by atoms with Crippen LogP contribution < -0.4 is 14.8 Å². The number of methoxy groups -OCH3 is 2. The van der Waals surface area contributed by atoms with Crippen LogP contribution in [0.25, 0.3) is 0 Å². The van der Waals surface area contributed by atoms with Crippen molar-refractivity contribution in [3.63, 3.8) is 0 Å². The molecule has 0 saturated carbocycles. The Bertz CT molecular complexity index is 643. The van der Waals surface area contributed by atoms with Crippen LogP contribution in [-0.2, 0) is 25.5 Å². The van der Waals surface area contributed by atoms with Crippen LogP contribution in [0.4, 0.5) is 0 Å². The topological polar surface area (TPSA) is 83.1 Å². The molecule has 1 aromatic carbocycles. The van der Waals surface area contributed by atoms with E-state index >= 15 is 0 Å². The molecule has 1 N–H and O–H groups in total. The molecule has 0 aliphatic carbocycles. The first-order chi connectivity index (χ1) is 11.4. The van der Waals surface area contributed by atoms with E-state index in [2.05, 4.69) is 5.32 Å². The zero-order valence-corrected chi connectivity index (χ0v) is 14.2. The van der Waals surface area contributed by atoms with Crippen LogP contribution in [0, 0.1) is 0 Å². The van der Waals surface area contributed by atoms with Gasteiger partial charge in [-0.1, -0.05) is 6.07 Å². The molecule has 130 valence electrons. The van der Waals surface area contributed by atoms with Crippen LogP contribution >= 0.6 is 0 Å². The molecule has 1 aromatic rings. The summed E-state index contributed by atoms with van der Waals surface area (Å²) in [5.74, 6) is -1.32. The highest BCUT2D eigenvalue weighted by atomic mass is 16.7. The summed E-state index contributed by atoms with van der Waals surface area (Å²) in [6.07, 6.45) is 1.99. The standard InChI is InChI=1S/C17H21NO6/c1-17(2)23-15(19)12(16(20)24-17)10-18-8-7-11-5-6-13(21-3)14(9-11)22-4/h5-6,9-10,18H,7-8H2,1-4H3. The van der Waals surface area contributed by atoms with Crippen molar-refractivity contribution < 1.29 is 28.5 Å². The first-order valence-electron chi connectivity index (χ1n) is 7.47. The molecule has 0 bridgehead atoms. The Hall–Kier alpha value is -2.70. The second kappa shape index (κ2) is 7.25. The van der Waals surface area contributed by atoms with Crippen molar-refractivity contribution in [2.75, 3.05) is 20.8 Å². The molecule has 1 aliphatic rings. The molecule has 0 spiro atoms. The second-order valence-electron chi connectivity index (χ2n) is 5.63. The van der Waals surface area contributed by atoms with E-state index in [0.717, 1.165) is 5.56 Å². The molecular weight excluding hydrogens is 314 g/mol. The number of hydrogen-bond donors (Lipinski definition) is 1. The van der Waals surface area contributed by atoms with E-state index in [4.69, 9.17) is 18.9 Å². The lowest BCUT2D eigenvalue weighted by atomic mass is 10.1. The van der Waals surface area contributed by atoms with Gasteiger partial charge in [0.15, 0.2) is 17.1 Å². The van der Waals surface area contributed by atoms with Gasteiger partial charge in [-0.2, -0.15) is 0 Å². The summed E-state index contributed by atoms with van der Waals surface area (Å²) >= 11 is 0. The van der Waals surface area contributed by atoms with Gasteiger partial charge in [0.05, 0.1) is 14.2 Å². The van der Waals surface area contributed by atoms with E-state index in [1.54, 1.807) is 14.2 Å². The second-order valence-corrected chi connectivity index (χ2v) is 5.63. The minimum Gasteiger partial charge on any atom is -0.493 e. The highest BCUT2D eigenvalue weighted by molar-refractivity contribution is 6.15. The highest BCUT2D eigenvalue weighted by Gasteiger charge is 2.38. The lowest BCUT2D eigenvalue weighted by Gasteiger charge is -2.29. The lowest BCUT2D eigenvalue weighted by Crippen LogP contribution is -2.42. The van der Waals surface area contributed by atoms with Crippen molar-refractivity contribution in [3.8, 4) is 11.5 Å². The molecule has 1 heterocycles. The summed E-state index contributed by atoms with van der Waals surface area (Å²) in [7, 11) is 3.15. The van der Waals surface area contributed by atoms with Gasteiger partial charge in [-0.25, -0.2) is 9.59 Å². The maximum Gasteiger partial charge on any atom is 0.350 e. The Morgan fingerprint density at radius 2 is 1.71 bits per heavy atom. The van der Waals surface area contributed by atoms with E-state index in [9.17, 15) is 9.59 Å². The first-order valence-corrected chi connectivity index (χ1v) is 7.47. The fourth-order valence-electron chi connectivity index (χ4n) is 2.21. The summed E-state index contributed by atoms with van der Waals surface area (Å²) in [5.41, 5.74) is 0.870. The predicted molar refractivity (Wildman–Crippen MR) is 85.6 cm³/mol. The Balaban J connectivity index is 1.93. The van der Waals surface area contributed by atoms with Gasteiger partial charge in [0.1, 0.15) is 0 Å². The third kappa shape index (κ3) is 4.18. The van der Waals surface area contributed by atoms with Gasteiger partial charge in [-0.05, 0) is 24.1 Å². The number of carbonyl (C=O) groups excluding carboxylic acids is 2. The van der Waals surface area contributed by atoms with Crippen LogP contribution in [0.1, 0.15) is 19.4 Å². The number of hydrogen-bond acceptors (Lipinski definition) is 7. The molecule has 1 saturated heterocycles. The van der Waals surface area contributed by atoms with E-state index in [1.165, 1.54) is 20.0 Å². The number of nitrogens with one attached hydrogen (secondary N) is 1. The third-order valence-electron chi connectivity index (χ3n) is 3.37. The zero-order chi connectivity index (χ0) is 17.7. The number of carbonyl (C=O) groups is 2. The van der Waals surface area contributed by atoms with Crippen LogP contribution in [0.15, 0.2) is 30.0 Å². The molecule has 7 nitrogen and oxygen atoms in total. The molecule has 0 amide bonds. The number of rotatable bonds is 6. The van der Waals surface area contributed by atoms with Gasteiger partial charge in [0.2, 0.25) is 0 Å². The van der Waals surface area contributed by atoms with Crippen molar-refractivity contribution in [1.82, 2.24) is 5.32 Å². The Kier molecular flexibility index (Phi) is 5.33. The monoisotopic (exact) mass is 335 g/mol. The number of cyclic esters (lactones) is 2. The summed E-state index contributed by atoms with van der Waals surface area (Å²) in [6, 6.07) is 5.62. The largest absolute Gasteiger partial charge is 0.493 e. The van der Waals surface area contributed by atoms with Crippen LogP contribution in [0.3, 0.4) is 0 Å². The van der Waals surface area contributed by atoms with Crippen molar-refractivity contribution in [3.05, 3.63) is 35.5 Å². The van der Waals surface area contributed by atoms with Gasteiger partial charge < -0.3 is 24.3 Å². The number of esters is 2.